The van der Waals surface area contributed by atoms with E-state index in [9.17, 15) is 0 Å². The molecule has 1 fully saturated rings. The maximum atomic E-state index is 5.65. The van der Waals surface area contributed by atoms with Crippen LogP contribution in [0.4, 0.5) is 5.69 Å². The number of hydrogen-bond donors (Lipinski definition) is 1. The first-order valence-corrected chi connectivity index (χ1v) is 6.26. The monoisotopic (exact) mass is 285 g/mol. The highest BCUT2D eigenvalue weighted by Crippen LogP contribution is 2.21. The van der Waals surface area contributed by atoms with Crippen LogP contribution >= 0.6 is 15.9 Å². The van der Waals surface area contributed by atoms with Crippen molar-refractivity contribution in [1.82, 2.24) is 0 Å². The standard InChI is InChI=1S/C12H16BrNO2/c1-8-7-12(16-9(2)15-8)14-11-5-3-10(13)4-6-11/h3-6,8-9,12,14H,7H2,1-2H3/t8-,9-,12-/m0/s1. The van der Waals surface area contributed by atoms with Crippen molar-refractivity contribution >= 4 is 21.6 Å². The Morgan fingerprint density at radius 2 is 1.88 bits per heavy atom. The van der Waals surface area contributed by atoms with E-state index in [2.05, 4.69) is 28.2 Å². The fraction of sp³-hybridized carbons (Fsp3) is 0.500. The molecule has 88 valence electrons. The van der Waals surface area contributed by atoms with Gasteiger partial charge in [-0.1, -0.05) is 15.9 Å². The first-order valence-electron chi connectivity index (χ1n) is 5.46. The van der Waals surface area contributed by atoms with Crippen LogP contribution in [0.1, 0.15) is 20.3 Å². The van der Waals surface area contributed by atoms with Crippen LogP contribution in [0, 0.1) is 0 Å². The van der Waals surface area contributed by atoms with Gasteiger partial charge in [0.2, 0.25) is 0 Å². The molecular formula is C12H16BrNO2. The minimum atomic E-state index is -0.142. The van der Waals surface area contributed by atoms with Gasteiger partial charge in [-0.25, -0.2) is 0 Å². The minimum Gasteiger partial charge on any atom is -0.360 e. The predicted octanol–water partition coefficient (Wildman–Crippen LogP) is 3.36. The lowest BCUT2D eigenvalue weighted by Gasteiger charge is -2.33. The SMILES string of the molecule is C[C@H]1O[C@@H](C)C[C@@H](Nc2ccc(Br)cc2)O1. The number of rotatable bonds is 2. The van der Waals surface area contributed by atoms with E-state index in [1.807, 2.05) is 31.2 Å². The summed E-state index contributed by atoms with van der Waals surface area (Å²) in [6.45, 7) is 3.99. The molecule has 1 saturated heterocycles. The topological polar surface area (TPSA) is 30.5 Å². The zero-order chi connectivity index (χ0) is 11.5. The van der Waals surface area contributed by atoms with Crippen LogP contribution in [0.15, 0.2) is 28.7 Å². The van der Waals surface area contributed by atoms with E-state index in [1.54, 1.807) is 0 Å². The highest BCUT2D eigenvalue weighted by atomic mass is 79.9. The van der Waals surface area contributed by atoms with Crippen molar-refractivity contribution in [3.63, 3.8) is 0 Å². The Morgan fingerprint density at radius 1 is 1.19 bits per heavy atom. The highest BCUT2D eigenvalue weighted by Gasteiger charge is 2.24. The predicted molar refractivity (Wildman–Crippen MR) is 67.3 cm³/mol. The van der Waals surface area contributed by atoms with E-state index in [0.717, 1.165) is 16.6 Å². The molecule has 0 saturated carbocycles. The molecule has 0 amide bonds. The van der Waals surface area contributed by atoms with Crippen LogP contribution in [-0.2, 0) is 9.47 Å². The van der Waals surface area contributed by atoms with Crippen LogP contribution in [0.5, 0.6) is 0 Å². The number of hydrogen-bond acceptors (Lipinski definition) is 3. The lowest BCUT2D eigenvalue weighted by Crippen LogP contribution is -2.39. The van der Waals surface area contributed by atoms with E-state index < -0.39 is 0 Å². The van der Waals surface area contributed by atoms with Gasteiger partial charge in [0, 0.05) is 16.6 Å². The van der Waals surface area contributed by atoms with E-state index in [4.69, 9.17) is 9.47 Å². The van der Waals surface area contributed by atoms with Gasteiger partial charge in [-0.2, -0.15) is 0 Å². The maximum Gasteiger partial charge on any atom is 0.157 e. The summed E-state index contributed by atoms with van der Waals surface area (Å²) < 4.78 is 12.2. The Labute approximate surface area is 104 Å². The quantitative estimate of drug-likeness (QED) is 0.904. The molecular weight excluding hydrogens is 270 g/mol. The number of anilines is 1. The third-order valence-electron chi connectivity index (χ3n) is 2.50. The van der Waals surface area contributed by atoms with Gasteiger partial charge in [0.1, 0.15) is 6.23 Å². The summed E-state index contributed by atoms with van der Waals surface area (Å²) >= 11 is 3.41. The molecule has 1 aliphatic heterocycles. The number of nitrogens with one attached hydrogen (secondary N) is 1. The molecule has 1 N–H and O–H groups in total. The molecule has 16 heavy (non-hydrogen) atoms. The number of ether oxygens (including phenoxy) is 2. The molecule has 0 bridgehead atoms. The average molecular weight is 286 g/mol. The van der Waals surface area contributed by atoms with Crippen LogP contribution in [0.3, 0.4) is 0 Å². The number of halogens is 1. The van der Waals surface area contributed by atoms with Gasteiger partial charge in [-0.3, -0.25) is 0 Å². The summed E-state index contributed by atoms with van der Waals surface area (Å²) in [5, 5.41) is 3.35. The van der Waals surface area contributed by atoms with E-state index in [1.165, 1.54) is 0 Å². The van der Waals surface area contributed by atoms with Crippen molar-refractivity contribution in [2.75, 3.05) is 5.32 Å². The van der Waals surface area contributed by atoms with Gasteiger partial charge in [-0.05, 0) is 38.1 Å². The molecule has 4 heteroatoms. The third-order valence-corrected chi connectivity index (χ3v) is 3.03. The molecule has 0 radical (unpaired) electrons. The second kappa shape index (κ2) is 5.17. The maximum absolute atomic E-state index is 5.65. The first kappa shape index (κ1) is 11.9. The second-order valence-corrected chi connectivity index (χ2v) is 4.94. The van der Waals surface area contributed by atoms with E-state index >= 15 is 0 Å². The van der Waals surface area contributed by atoms with Crippen LogP contribution in [0.25, 0.3) is 0 Å². The van der Waals surface area contributed by atoms with Crippen molar-refractivity contribution in [1.29, 1.82) is 0 Å². The molecule has 2 rings (SSSR count). The van der Waals surface area contributed by atoms with E-state index in [-0.39, 0.29) is 18.6 Å². The zero-order valence-electron chi connectivity index (χ0n) is 9.44. The molecule has 1 aliphatic rings. The van der Waals surface area contributed by atoms with Crippen molar-refractivity contribution in [2.45, 2.75) is 38.9 Å². The Bertz CT molecular complexity index is 331. The molecule has 1 heterocycles. The van der Waals surface area contributed by atoms with Crippen molar-refractivity contribution in [3.8, 4) is 0 Å². The third kappa shape index (κ3) is 3.20. The highest BCUT2D eigenvalue weighted by molar-refractivity contribution is 9.10. The van der Waals surface area contributed by atoms with Crippen LogP contribution < -0.4 is 5.32 Å². The summed E-state index contributed by atoms with van der Waals surface area (Å²) in [6.07, 6.45) is 0.980. The van der Waals surface area contributed by atoms with Gasteiger partial charge < -0.3 is 14.8 Å². The lowest BCUT2D eigenvalue weighted by atomic mass is 10.2. The summed E-state index contributed by atoms with van der Waals surface area (Å²) in [5.41, 5.74) is 1.06. The Hall–Kier alpha value is -0.580. The van der Waals surface area contributed by atoms with Crippen molar-refractivity contribution in [3.05, 3.63) is 28.7 Å². The molecule has 3 atom stereocenters. The fourth-order valence-corrected chi connectivity index (χ4v) is 2.09. The largest absolute Gasteiger partial charge is 0.360 e. The van der Waals surface area contributed by atoms with Crippen molar-refractivity contribution < 1.29 is 9.47 Å². The summed E-state index contributed by atoms with van der Waals surface area (Å²) in [5.74, 6) is 0. The smallest absolute Gasteiger partial charge is 0.157 e. The zero-order valence-corrected chi connectivity index (χ0v) is 11.0. The number of benzene rings is 1. The molecule has 0 aromatic heterocycles. The summed E-state index contributed by atoms with van der Waals surface area (Å²) in [7, 11) is 0. The Kier molecular flexibility index (Phi) is 3.84. The lowest BCUT2D eigenvalue weighted by molar-refractivity contribution is -0.222. The van der Waals surface area contributed by atoms with E-state index in [0.29, 0.717) is 0 Å². The average Bonchev–Trinajstić information content (AvgIpc) is 2.20. The molecule has 0 spiro atoms. The molecule has 0 aliphatic carbocycles. The molecule has 1 aromatic carbocycles. The molecule has 0 unspecified atom stereocenters. The molecule has 1 aromatic rings. The van der Waals surface area contributed by atoms with Gasteiger partial charge in [0.05, 0.1) is 6.10 Å². The minimum absolute atomic E-state index is 0.0277. The van der Waals surface area contributed by atoms with Crippen LogP contribution in [0.2, 0.25) is 0 Å². The van der Waals surface area contributed by atoms with Crippen molar-refractivity contribution in [2.24, 2.45) is 0 Å². The second-order valence-electron chi connectivity index (χ2n) is 4.03. The fourth-order valence-electron chi connectivity index (χ4n) is 1.83. The van der Waals surface area contributed by atoms with Gasteiger partial charge in [-0.15, -0.1) is 0 Å². The van der Waals surface area contributed by atoms with Gasteiger partial charge >= 0.3 is 0 Å². The van der Waals surface area contributed by atoms with Crippen LogP contribution in [-0.4, -0.2) is 18.6 Å². The van der Waals surface area contributed by atoms with Gasteiger partial charge in [0.25, 0.3) is 0 Å². The Balaban J connectivity index is 1.96. The normalized spacial score (nSPS) is 30.1. The molecule has 3 nitrogen and oxygen atoms in total. The first-order chi connectivity index (χ1) is 7.63. The Morgan fingerprint density at radius 3 is 2.50 bits per heavy atom. The summed E-state index contributed by atoms with van der Waals surface area (Å²) in [6, 6.07) is 8.07. The van der Waals surface area contributed by atoms with Gasteiger partial charge in [0.15, 0.2) is 6.29 Å². The summed E-state index contributed by atoms with van der Waals surface area (Å²) in [4.78, 5) is 0.